The van der Waals surface area contributed by atoms with E-state index in [0.29, 0.717) is 0 Å². The Morgan fingerprint density at radius 2 is 1.59 bits per heavy atom. The minimum Gasteiger partial charge on any atom is -0.318 e. The zero-order chi connectivity index (χ0) is 18.4. The van der Waals surface area contributed by atoms with Crippen molar-refractivity contribution in [2.24, 2.45) is 0 Å². The molecule has 2 aromatic carbocycles. The van der Waals surface area contributed by atoms with Crippen molar-refractivity contribution in [2.75, 3.05) is 0 Å². The lowest BCUT2D eigenvalue weighted by molar-refractivity contribution is 0.967. The highest BCUT2D eigenvalue weighted by Crippen LogP contribution is 2.24. The molecule has 0 amide bonds. The van der Waals surface area contributed by atoms with Crippen molar-refractivity contribution in [3.8, 4) is 17.1 Å². The van der Waals surface area contributed by atoms with Crippen LogP contribution in [0, 0.1) is 13.8 Å². The fourth-order valence-corrected chi connectivity index (χ4v) is 3.64. The lowest BCUT2D eigenvalue weighted by atomic mass is 10.2. The second-order valence-electron chi connectivity index (χ2n) is 6.73. The van der Waals surface area contributed by atoms with Crippen molar-refractivity contribution < 1.29 is 0 Å². The third-order valence-electron chi connectivity index (χ3n) is 4.97. The molecule has 0 atom stereocenters. The molecule has 0 aliphatic carbocycles. The fraction of sp³-hybridized carbons (Fsp3) is 0.0909. The molecule has 5 heteroatoms. The van der Waals surface area contributed by atoms with Gasteiger partial charge in [-0.3, -0.25) is 4.57 Å². The van der Waals surface area contributed by atoms with Crippen LogP contribution in [0.2, 0.25) is 0 Å². The first-order valence-electron chi connectivity index (χ1n) is 8.92. The van der Waals surface area contributed by atoms with Gasteiger partial charge in [0.15, 0.2) is 0 Å². The van der Waals surface area contributed by atoms with Gasteiger partial charge in [0.25, 0.3) is 0 Å². The van der Waals surface area contributed by atoms with Crippen LogP contribution in [0.25, 0.3) is 28.1 Å². The quantitative estimate of drug-likeness (QED) is 0.475. The van der Waals surface area contributed by atoms with Gasteiger partial charge in [0.2, 0.25) is 0 Å². The van der Waals surface area contributed by atoms with E-state index in [-0.39, 0.29) is 0 Å². The van der Waals surface area contributed by atoms with Crippen molar-refractivity contribution in [1.29, 1.82) is 0 Å². The summed E-state index contributed by atoms with van der Waals surface area (Å²) in [6, 6.07) is 19.1. The first kappa shape index (κ1) is 15.6. The predicted molar refractivity (Wildman–Crippen MR) is 107 cm³/mol. The van der Waals surface area contributed by atoms with E-state index in [1.54, 1.807) is 12.5 Å². The summed E-state index contributed by atoms with van der Waals surface area (Å²) in [5, 5.41) is 0. The topological polar surface area (TPSA) is 40.6 Å². The number of aromatic nitrogens is 5. The van der Waals surface area contributed by atoms with Crippen LogP contribution in [0.3, 0.4) is 0 Å². The molecule has 0 fully saturated rings. The van der Waals surface area contributed by atoms with Crippen LogP contribution in [0.5, 0.6) is 0 Å². The average Bonchev–Trinajstić information content (AvgIpc) is 3.42. The molecule has 3 aromatic heterocycles. The second kappa shape index (κ2) is 5.99. The van der Waals surface area contributed by atoms with Gasteiger partial charge in [0.05, 0.1) is 17.4 Å². The largest absolute Gasteiger partial charge is 0.318 e. The molecule has 0 aliphatic rings. The number of fused-ring (bicyclic) bond motifs is 1. The van der Waals surface area contributed by atoms with E-state index in [4.69, 9.17) is 0 Å². The molecule has 3 heterocycles. The van der Waals surface area contributed by atoms with Crippen LogP contribution in [-0.2, 0) is 0 Å². The Morgan fingerprint density at radius 3 is 2.37 bits per heavy atom. The first-order valence-corrected chi connectivity index (χ1v) is 8.92. The number of rotatable bonds is 3. The summed E-state index contributed by atoms with van der Waals surface area (Å²) < 4.78 is 6.37. The maximum Gasteiger partial charge on any atom is 0.100 e. The molecular formula is C22H19N5. The van der Waals surface area contributed by atoms with Gasteiger partial charge in [0.1, 0.15) is 6.33 Å². The van der Waals surface area contributed by atoms with Crippen molar-refractivity contribution in [3.05, 3.63) is 91.0 Å². The first-order chi connectivity index (χ1) is 13.2. The summed E-state index contributed by atoms with van der Waals surface area (Å²) in [5.74, 6) is 0. The van der Waals surface area contributed by atoms with Crippen LogP contribution in [0.15, 0.2) is 79.6 Å². The van der Waals surface area contributed by atoms with E-state index in [1.165, 1.54) is 11.4 Å². The molecular weight excluding hydrogens is 334 g/mol. The number of nitrogens with zero attached hydrogens (tertiary/aromatic N) is 5. The highest BCUT2D eigenvalue weighted by molar-refractivity contribution is 5.80. The summed E-state index contributed by atoms with van der Waals surface area (Å²) in [7, 11) is 0. The molecule has 5 nitrogen and oxygen atoms in total. The van der Waals surface area contributed by atoms with Crippen molar-refractivity contribution in [2.45, 2.75) is 13.8 Å². The maximum absolute atomic E-state index is 4.65. The van der Waals surface area contributed by atoms with Gasteiger partial charge in [0, 0.05) is 40.8 Å². The zero-order valence-corrected chi connectivity index (χ0v) is 15.2. The van der Waals surface area contributed by atoms with E-state index in [0.717, 1.165) is 28.1 Å². The van der Waals surface area contributed by atoms with Gasteiger partial charge in [-0.05, 0) is 62.4 Å². The van der Waals surface area contributed by atoms with Gasteiger partial charge >= 0.3 is 0 Å². The molecule has 0 spiro atoms. The number of benzene rings is 2. The van der Waals surface area contributed by atoms with Crippen LogP contribution in [0.4, 0.5) is 0 Å². The molecule has 0 bridgehead atoms. The van der Waals surface area contributed by atoms with E-state index < -0.39 is 0 Å². The molecule has 5 aromatic rings. The Kier molecular flexibility index (Phi) is 3.47. The lowest BCUT2D eigenvalue weighted by Gasteiger charge is -2.11. The van der Waals surface area contributed by atoms with Crippen LogP contribution in [0.1, 0.15) is 11.4 Å². The molecule has 5 rings (SSSR count). The Balaban J connectivity index is 1.61. The summed E-state index contributed by atoms with van der Waals surface area (Å²) in [5.41, 5.74) is 7.79. The Labute approximate surface area is 157 Å². The van der Waals surface area contributed by atoms with E-state index in [1.807, 2.05) is 17.1 Å². The standard InChI is InChI=1S/C22H19N5/c1-16-6-7-17(2)27(16)20-8-9-22-21(13-20)24-15-26(22)19-5-3-4-18(12-19)25-11-10-23-14-25/h3-15H,1-2H3. The van der Waals surface area contributed by atoms with Gasteiger partial charge in [-0.2, -0.15) is 0 Å². The number of imidazole rings is 2. The van der Waals surface area contributed by atoms with Gasteiger partial charge in [-0.15, -0.1) is 0 Å². The van der Waals surface area contributed by atoms with Gasteiger partial charge in [-0.1, -0.05) is 6.07 Å². The van der Waals surface area contributed by atoms with Crippen LogP contribution in [-0.4, -0.2) is 23.7 Å². The number of hydrogen-bond acceptors (Lipinski definition) is 2. The third kappa shape index (κ3) is 2.56. The maximum atomic E-state index is 4.65. The highest BCUT2D eigenvalue weighted by atomic mass is 15.1. The molecule has 0 N–H and O–H groups in total. The Bertz CT molecular complexity index is 1220. The molecule has 0 saturated heterocycles. The normalized spacial score (nSPS) is 11.3. The lowest BCUT2D eigenvalue weighted by Crippen LogP contribution is -1.99. The van der Waals surface area contributed by atoms with Crippen LogP contribution < -0.4 is 0 Å². The minimum atomic E-state index is 0.980. The summed E-state index contributed by atoms with van der Waals surface area (Å²) in [6.07, 6.45) is 7.42. The van der Waals surface area contributed by atoms with E-state index >= 15 is 0 Å². The Morgan fingerprint density at radius 1 is 0.778 bits per heavy atom. The average molecular weight is 353 g/mol. The molecule has 0 unspecified atom stereocenters. The Hall–Kier alpha value is -3.60. The zero-order valence-electron chi connectivity index (χ0n) is 15.2. The van der Waals surface area contributed by atoms with Crippen molar-refractivity contribution >= 4 is 11.0 Å². The smallest absolute Gasteiger partial charge is 0.100 e. The van der Waals surface area contributed by atoms with Gasteiger partial charge < -0.3 is 9.13 Å². The SMILES string of the molecule is Cc1ccc(C)n1-c1ccc2c(c1)ncn2-c1cccc(-n2ccnc2)c1. The summed E-state index contributed by atoms with van der Waals surface area (Å²) >= 11 is 0. The van der Waals surface area contributed by atoms with Crippen molar-refractivity contribution in [3.63, 3.8) is 0 Å². The highest BCUT2D eigenvalue weighted by Gasteiger charge is 2.09. The fourth-order valence-electron chi connectivity index (χ4n) is 3.64. The summed E-state index contributed by atoms with van der Waals surface area (Å²) in [6.45, 7) is 4.24. The molecule has 0 saturated carbocycles. The molecule has 0 aliphatic heterocycles. The van der Waals surface area contributed by atoms with E-state index in [2.05, 4.69) is 87.5 Å². The van der Waals surface area contributed by atoms with E-state index in [9.17, 15) is 0 Å². The van der Waals surface area contributed by atoms with Crippen molar-refractivity contribution in [1.82, 2.24) is 23.7 Å². The number of hydrogen-bond donors (Lipinski definition) is 0. The summed E-state index contributed by atoms with van der Waals surface area (Å²) in [4.78, 5) is 8.78. The van der Waals surface area contributed by atoms with Crippen LogP contribution >= 0.6 is 0 Å². The molecule has 0 radical (unpaired) electrons. The third-order valence-corrected chi connectivity index (χ3v) is 4.97. The molecule has 27 heavy (non-hydrogen) atoms. The predicted octanol–water partition coefficient (Wildman–Crippen LogP) is 4.62. The van der Waals surface area contributed by atoms with Gasteiger partial charge in [-0.25, -0.2) is 9.97 Å². The minimum absolute atomic E-state index is 0.980. The molecule has 132 valence electrons. The monoisotopic (exact) mass is 353 g/mol. The number of aryl methyl sites for hydroxylation is 2. The second-order valence-corrected chi connectivity index (χ2v) is 6.73.